The number of hydrogen-bond donors (Lipinski definition) is 2. The van der Waals surface area contributed by atoms with E-state index in [1.165, 1.54) is 23.5 Å². The van der Waals surface area contributed by atoms with Gasteiger partial charge < -0.3 is 20.7 Å². The van der Waals surface area contributed by atoms with Crippen LogP contribution in [-0.4, -0.2) is 80.9 Å². The number of carbonyl (C=O) groups is 2. The van der Waals surface area contributed by atoms with Crippen molar-refractivity contribution >= 4 is 38.6 Å². The predicted octanol–water partition coefficient (Wildman–Crippen LogP) is 6.53. The summed E-state index contributed by atoms with van der Waals surface area (Å²) >= 11 is 1.30. The number of ether oxygens (including phenoxy) is 1. The molecule has 2 amide bonds. The summed E-state index contributed by atoms with van der Waals surface area (Å²) in [5.74, 6) is -8.71. The van der Waals surface area contributed by atoms with Gasteiger partial charge >= 0.3 is 6.18 Å². The summed E-state index contributed by atoms with van der Waals surface area (Å²) in [7, 11) is 0. The molecule has 2 fully saturated rings. The first-order chi connectivity index (χ1) is 27.9. The zero-order valence-electron chi connectivity index (χ0n) is 31.4. The molecule has 11 nitrogen and oxygen atoms in total. The Balaban J connectivity index is 1.22. The Morgan fingerprint density at radius 1 is 1.02 bits per heavy atom. The number of pyridine rings is 1. The van der Waals surface area contributed by atoms with E-state index in [1.807, 2.05) is 0 Å². The Morgan fingerprint density at radius 3 is 2.34 bits per heavy atom. The van der Waals surface area contributed by atoms with E-state index in [9.17, 15) is 44.7 Å². The highest BCUT2D eigenvalue weighted by molar-refractivity contribution is 7.22. The standard InChI is InChI=1S/C39H36F8N8O3S/c1-18-13-53(14-19(2)55(18)24-16-58-17-24)37-51-36-30(59-37)12-26(21-3-4-28(42)27(10-21)35(48)57)32(50-36)29(9-20-7-22(40)11-23(41)8-20)49-31(56)15-54-34-25(5-6-38(34,43)44)33(52-54)39(45,46)47/h3-4,7-8,10-12,18-19,24,29H,5-6,9,13-17H2,1-2H3,(H2,48,57)(H,49,56). The number of fused-ring (bicyclic) bond motifs is 2. The maximum absolute atomic E-state index is 15.0. The first kappa shape index (κ1) is 40.6. The molecule has 20 heteroatoms. The third-order valence-electron chi connectivity index (χ3n) is 10.9. The number of halogens is 8. The minimum Gasteiger partial charge on any atom is -0.378 e. The van der Waals surface area contributed by atoms with Crippen molar-refractivity contribution in [2.24, 2.45) is 5.73 Å². The largest absolute Gasteiger partial charge is 0.435 e. The first-order valence-corrected chi connectivity index (χ1v) is 19.5. The van der Waals surface area contributed by atoms with Gasteiger partial charge in [0.1, 0.15) is 29.7 Å². The molecule has 3 atom stereocenters. The number of anilines is 1. The van der Waals surface area contributed by atoms with Crippen LogP contribution in [0.25, 0.3) is 21.5 Å². The van der Waals surface area contributed by atoms with Crippen molar-refractivity contribution in [2.45, 2.75) is 75.9 Å². The van der Waals surface area contributed by atoms with Crippen LogP contribution in [0.2, 0.25) is 0 Å². The van der Waals surface area contributed by atoms with Crippen LogP contribution < -0.4 is 16.0 Å². The predicted molar refractivity (Wildman–Crippen MR) is 199 cm³/mol. The summed E-state index contributed by atoms with van der Waals surface area (Å²) in [6.07, 6.45) is -6.97. The van der Waals surface area contributed by atoms with E-state index < -0.39 is 89.3 Å². The van der Waals surface area contributed by atoms with Crippen LogP contribution in [-0.2, 0) is 41.0 Å². The fourth-order valence-corrected chi connectivity index (χ4v) is 9.40. The lowest BCUT2D eigenvalue weighted by atomic mass is 9.94. The van der Waals surface area contributed by atoms with Crippen LogP contribution in [0.15, 0.2) is 42.5 Å². The molecule has 59 heavy (non-hydrogen) atoms. The molecule has 5 aromatic rings. The molecule has 312 valence electrons. The Labute approximate surface area is 335 Å². The van der Waals surface area contributed by atoms with Gasteiger partial charge in [-0.05, 0) is 68.1 Å². The van der Waals surface area contributed by atoms with Gasteiger partial charge in [-0.2, -0.15) is 32.0 Å². The summed E-state index contributed by atoms with van der Waals surface area (Å²) in [5, 5.41) is 6.61. The number of hydrogen-bond acceptors (Lipinski definition) is 9. The molecule has 3 aliphatic rings. The number of aromatic nitrogens is 4. The lowest BCUT2D eigenvalue weighted by Gasteiger charge is -2.50. The van der Waals surface area contributed by atoms with Crippen LogP contribution in [0.3, 0.4) is 0 Å². The zero-order valence-corrected chi connectivity index (χ0v) is 32.2. The molecule has 1 aliphatic carbocycles. The molecule has 3 N–H and O–H groups in total. The van der Waals surface area contributed by atoms with Gasteiger partial charge in [0.2, 0.25) is 5.91 Å². The zero-order chi connectivity index (χ0) is 42.1. The smallest absolute Gasteiger partial charge is 0.378 e. The second kappa shape index (κ2) is 15.1. The number of nitrogens with one attached hydrogen (secondary N) is 1. The van der Waals surface area contributed by atoms with Crippen molar-refractivity contribution in [3.05, 3.63) is 93.7 Å². The van der Waals surface area contributed by atoms with E-state index in [0.29, 0.717) is 52.9 Å². The average Bonchev–Trinajstić information content (AvgIpc) is 3.81. The number of nitrogens with zero attached hydrogens (tertiary/aromatic N) is 6. The van der Waals surface area contributed by atoms with Crippen molar-refractivity contribution < 1.29 is 49.4 Å². The number of benzene rings is 2. The second-order valence-corrected chi connectivity index (χ2v) is 16.2. The third-order valence-corrected chi connectivity index (χ3v) is 12.0. The number of amides is 2. The quantitative estimate of drug-likeness (QED) is 0.152. The summed E-state index contributed by atoms with van der Waals surface area (Å²) in [6.45, 7) is 5.68. The topological polar surface area (TPSA) is 132 Å². The van der Waals surface area contributed by atoms with E-state index in [2.05, 4.69) is 34.1 Å². The second-order valence-electron chi connectivity index (χ2n) is 15.2. The maximum Gasteiger partial charge on any atom is 0.435 e. The van der Waals surface area contributed by atoms with Crippen LogP contribution in [0.4, 0.5) is 40.3 Å². The Kier molecular flexibility index (Phi) is 10.4. The van der Waals surface area contributed by atoms with Crippen molar-refractivity contribution in [2.75, 3.05) is 31.2 Å². The fourth-order valence-electron chi connectivity index (χ4n) is 8.43. The highest BCUT2D eigenvalue weighted by Crippen LogP contribution is 2.46. The molecule has 5 heterocycles. The van der Waals surface area contributed by atoms with Crippen LogP contribution in [0.1, 0.15) is 64.9 Å². The summed E-state index contributed by atoms with van der Waals surface area (Å²) in [5.41, 5.74) is 2.35. The normalized spacial score (nSPS) is 20.1. The molecule has 0 spiro atoms. The van der Waals surface area contributed by atoms with E-state index in [0.717, 1.165) is 18.2 Å². The lowest BCUT2D eigenvalue weighted by Crippen LogP contribution is -2.64. The van der Waals surface area contributed by atoms with Crippen molar-refractivity contribution in [3.8, 4) is 11.1 Å². The van der Waals surface area contributed by atoms with Gasteiger partial charge in [-0.1, -0.05) is 17.4 Å². The summed E-state index contributed by atoms with van der Waals surface area (Å²) in [6, 6.07) is 7.00. The van der Waals surface area contributed by atoms with E-state index in [-0.39, 0.29) is 46.5 Å². The van der Waals surface area contributed by atoms with Gasteiger partial charge in [0.15, 0.2) is 16.5 Å². The minimum atomic E-state index is -5.08. The van der Waals surface area contributed by atoms with Crippen molar-refractivity contribution in [1.29, 1.82) is 0 Å². The average molecular weight is 849 g/mol. The fraction of sp³-hybridized carbons (Fsp3) is 0.410. The molecular formula is C39H36F8N8O3S. The molecule has 0 radical (unpaired) electrons. The first-order valence-electron chi connectivity index (χ1n) is 18.7. The van der Waals surface area contributed by atoms with Gasteiger partial charge in [-0.3, -0.25) is 19.2 Å². The number of primary amides is 1. The maximum atomic E-state index is 15.0. The summed E-state index contributed by atoms with van der Waals surface area (Å²) in [4.78, 5) is 40.3. The molecule has 2 aromatic carbocycles. The number of rotatable bonds is 10. The van der Waals surface area contributed by atoms with Crippen molar-refractivity contribution in [3.63, 3.8) is 0 Å². The monoisotopic (exact) mass is 848 g/mol. The molecule has 2 saturated heterocycles. The van der Waals surface area contributed by atoms with Crippen LogP contribution in [0, 0.1) is 17.5 Å². The molecular weight excluding hydrogens is 813 g/mol. The van der Waals surface area contributed by atoms with Gasteiger partial charge in [-0.15, -0.1) is 0 Å². The molecule has 0 bridgehead atoms. The Hall–Kier alpha value is -5.21. The third kappa shape index (κ3) is 7.84. The Morgan fingerprint density at radius 2 is 1.71 bits per heavy atom. The minimum absolute atomic E-state index is 0.00191. The molecule has 3 unspecified atom stereocenters. The van der Waals surface area contributed by atoms with Crippen LogP contribution in [0.5, 0.6) is 0 Å². The van der Waals surface area contributed by atoms with Gasteiger partial charge in [-0.25, -0.2) is 18.2 Å². The Bertz CT molecular complexity index is 2440. The van der Waals surface area contributed by atoms with E-state index in [4.69, 9.17) is 20.4 Å². The molecule has 2 aliphatic heterocycles. The lowest BCUT2D eigenvalue weighted by molar-refractivity contribution is -0.142. The van der Waals surface area contributed by atoms with Crippen molar-refractivity contribution in [1.82, 2.24) is 30.0 Å². The number of carbonyl (C=O) groups excluding carboxylic acids is 2. The highest BCUT2D eigenvalue weighted by atomic mass is 32.1. The SMILES string of the molecule is CC1CN(c2nc3nc(C(Cc4cc(F)cc(F)c4)NC(=O)Cn4nc(C(F)(F)F)c5c4C(F)(F)CC5)c(-c4ccc(F)c(C(N)=O)c4)cc3s2)CC(C)N1C1COC1. The number of alkyl halides is 5. The molecule has 3 aromatic heterocycles. The highest BCUT2D eigenvalue weighted by Gasteiger charge is 2.50. The van der Waals surface area contributed by atoms with Crippen LogP contribution >= 0.6 is 11.3 Å². The number of nitrogens with two attached hydrogens (primary N) is 1. The number of piperazine rings is 1. The van der Waals surface area contributed by atoms with Gasteiger partial charge in [0.25, 0.3) is 11.8 Å². The van der Waals surface area contributed by atoms with Gasteiger partial charge in [0, 0.05) is 48.8 Å². The van der Waals surface area contributed by atoms with E-state index in [1.54, 1.807) is 6.07 Å². The summed E-state index contributed by atoms with van der Waals surface area (Å²) < 4.78 is 122. The van der Waals surface area contributed by atoms with Gasteiger partial charge in [0.05, 0.1) is 41.3 Å². The molecule has 8 rings (SSSR count). The van der Waals surface area contributed by atoms with E-state index >= 15 is 0 Å². The molecule has 0 saturated carbocycles. The number of thiazole rings is 1.